The van der Waals surface area contributed by atoms with Crippen molar-refractivity contribution in [3.05, 3.63) is 64.3 Å². The van der Waals surface area contributed by atoms with E-state index in [2.05, 4.69) is 4.99 Å². The lowest BCUT2D eigenvalue weighted by Gasteiger charge is -2.20. The first-order valence-corrected chi connectivity index (χ1v) is 10.1. The van der Waals surface area contributed by atoms with Crippen LogP contribution in [0, 0.1) is 0 Å². The number of likely N-dealkylation sites (N-methyl/N-ethyl adjacent to an activating group) is 1. The molecule has 162 valence electrons. The van der Waals surface area contributed by atoms with Crippen molar-refractivity contribution < 1.29 is 23.8 Å². The number of rotatable bonds is 7. The molecule has 1 amide bonds. The van der Waals surface area contributed by atoms with E-state index in [4.69, 9.17) is 25.8 Å². The van der Waals surface area contributed by atoms with E-state index >= 15 is 0 Å². The van der Waals surface area contributed by atoms with E-state index in [1.165, 1.54) is 4.90 Å². The van der Waals surface area contributed by atoms with Crippen molar-refractivity contribution in [2.24, 2.45) is 4.99 Å². The fourth-order valence-electron chi connectivity index (χ4n) is 2.87. The number of carbonyl (C=O) groups excluding carboxylic acids is 2. The number of nitrogens with zero attached hydrogens (tertiary/aromatic N) is 2. The van der Waals surface area contributed by atoms with Crippen LogP contribution in [-0.2, 0) is 14.3 Å². The molecule has 0 spiro atoms. The number of carbonyl (C=O) groups is 2. The standard InChI is InChI=1S/C23H23ClN2O5/c1-5-29-20-13-15(6-11-19(20)30-14(2)22(27)26(3)4)12-18-23(28)31-21(25-18)16-7-9-17(24)10-8-16/h6-14H,5H2,1-4H3. The highest BCUT2D eigenvalue weighted by molar-refractivity contribution is 6.30. The number of ether oxygens (including phenoxy) is 3. The van der Waals surface area contributed by atoms with E-state index < -0.39 is 12.1 Å². The van der Waals surface area contributed by atoms with Gasteiger partial charge in [0.1, 0.15) is 0 Å². The number of hydrogen-bond acceptors (Lipinski definition) is 6. The molecule has 0 saturated carbocycles. The van der Waals surface area contributed by atoms with Crippen LogP contribution in [0.5, 0.6) is 11.5 Å². The van der Waals surface area contributed by atoms with Crippen molar-refractivity contribution in [1.82, 2.24) is 4.90 Å². The number of hydrogen-bond donors (Lipinski definition) is 0. The van der Waals surface area contributed by atoms with E-state index in [0.717, 1.165) is 0 Å². The molecule has 0 bridgehead atoms. The smallest absolute Gasteiger partial charge is 0.363 e. The normalized spacial score (nSPS) is 15.3. The monoisotopic (exact) mass is 442 g/mol. The van der Waals surface area contributed by atoms with Crippen LogP contribution in [0.2, 0.25) is 5.02 Å². The van der Waals surface area contributed by atoms with Gasteiger partial charge in [-0.25, -0.2) is 9.79 Å². The average Bonchev–Trinajstić information content (AvgIpc) is 3.10. The molecule has 0 aliphatic carbocycles. The zero-order valence-corrected chi connectivity index (χ0v) is 18.5. The number of benzene rings is 2. The van der Waals surface area contributed by atoms with E-state index in [9.17, 15) is 9.59 Å². The molecule has 0 aromatic heterocycles. The molecule has 0 N–H and O–H groups in total. The van der Waals surface area contributed by atoms with Gasteiger partial charge in [-0.3, -0.25) is 4.79 Å². The van der Waals surface area contributed by atoms with Gasteiger partial charge in [0.25, 0.3) is 5.91 Å². The Labute approximate surface area is 185 Å². The molecule has 2 aromatic carbocycles. The fraction of sp³-hybridized carbons (Fsp3) is 0.261. The van der Waals surface area contributed by atoms with Gasteiger partial charge in [0, 0.05) is 24.7 Å². The van der Waals surface area contributed by atoms with Crippen molar-refractivity contribution in [2.75, 3.05) is 20.7 Å². The van der Waals surface area contributed by atoms with Crippen molar-refractivity contribution in [3.8, 4) is 11.5 Å². The Balaban J connectivity index is 1.86. The summed E-state index contributed by atoms with van der Waals surface area (Å²) in [6, 6.07) is 12.0. The van der Waals surface area contributed by atoms with Crippen LogP contribution in [0.15, 0.2) is 53.2 Å². The molecular weight excluding hydrogens is 420 g/mol. The van der Waals surface area contributed by atoms with Crippen LogP contribution in [0.1, 0.15) is 25.0 Å². The largest absolute Gasteiger partial charge is 0.490 e. The van der Waals surface area contributed by atoms with Crippen LogP contribution in [0.4, 0.5) is 0 Å². The predicted octanol–water partition coefficient (Wildman–Crippen LogP) is 3.94. The fourth-order valence-corrected chi connectivity index (χ4v) is 2.99. The van der Waals surface area contributed by atoms with Crippen LogP contribution < -0.4 is 9.47 Å². The van der Waals surface area contributed by atoms with E-state index in [1.54, 1.807) is 69.6 Å². The summed E-state index contributed by atoms with van der Waals surface area (Å²) in [5.74, 6) is 0.406. The molecular formula is C23H23ClN2O5. The molecule has 1 heterocycles. The van der Waals surface area contributed by atoms with Crippen LogP contribution in [0.25, 0.3) is 6.08 Å². The van der Waals surface area contributed by atoms with Gasteiger partial charge >= 0.3 is 5.97 Å². The minimum Gasteiger partial charge on any atom is -0.490 e. The Bertz CT molecular complexity index is 1040. The Morgan fingerprint density at radius 1 is 1.19 bits per heavy atom. The van der Waals surface area contributed by atoms with E-state index in [0.29, 0.717) is 34.3 Å². The Morgan fingerprint density at radius 2 is 1.90 bits per heavy atom. The average molecular weight is 443 g/mol. The van der Waals surface area contributed by atoms with Crippen molar-refractivity contribution >= 4 is 35.5 Å². The molecule has 3 rings (SSSR count). The maximum atomic E-state index is 12.3. The van der Waals surface area contributed by atoms with Gasteiger partial charge in [-0.1, -0.05) is 17.7 Å². The first kappa shape index (κ1) is 22.4. The SMILES string of the molecule is CCOc1cc(C=C2N=C(c3ccc(Cl)cc3)OC2=O)ccc1OC(C)C(=O)N(C)C. The summed E-state index contributed by atoms with van der Waals surface area (Å²) in [6.45, 7) is 3.93. The van der Waals surface area contributed by atoms with E-state index in [1.807, 2.05) is 6.92 Å². The van der Waals surface area contributed by atoms with Crippen molar-refractivity contribution in [3.63, 3.8) is 0 Å². The molecule has 0 fully saturated rings. The predicted molar refractivity (Wildman–Crippen MR) is 118 cm³/mol. The van der Waals surface area contributed by atoms with Gasteiger partial charge in [-0.15, -0.1) is 0 Å². The van der Waals surface area contributed by atoms with Crippen LogP contribution in [0.3, 0.4) is 0 Å². The van der Waals surface area contributed by atoms with Gasteiger partial charge in [0.2, 0.25) is 5.90 Å². The highest BCUT2D eigenvalue weighted by Crippen LogP contribution is 2.31. The number of aliphatic imine (C=N–C) groups is 1. The quantitative estimate of drug-likeness (QED) is 0.479. The van der Waals surface area contributed by atoms with Crippen molar-refractivity contribution in [1.29, 1.82) is 0 Å². The van der Waals surface area contributed by atoms with Gasteiger partial charge < -0.3 is 19.1 Å². The van der Waals surface area contributed by atoms with Gasteiger partial charge in [-0.05, 0) is 61.9 Å². The second-order valence-electron chi connectivity index (χ2n) is 6.97. The maximum Gasteiger partial charge on any atom is 0.363 e. The molecule has 1 aliphatic rings. The second kappa shape index (κ2) is 9.66. The lowest BCUT2D eigenvalue weighted by Crippen LogP contribution is -2.35. The first-order chi connectivity index (χ1) is 14.8. The Hall–Kier alpha value is -3.32. The third-order valence-corrected chi connectivity index (χ3v) is 4.63. The molecule has 7 nitrogen and oxygen atoms in total. The zero-order valence-electron chi connectivity index (χ0n) is 17.7. The Kier molecular flexibility index (Phi) is 6.97. The molecule has 31 heavy (non-hydrogen) atoms. The number of halogens is 1. The molecule has 1 aliphatic heterocycles. The summed E-state index contributed by atoms with van der Waals surface area (Å²) in [7, 11) is 3.33. The summed E-state index contributed by atoms with van der Waals surface area (Å²) in [5, 5.41) is 0.580. The topological polar surface area (TPSA) is 77.4 Å². The highest BCUT2D eigenvalue weighted by atomic mass is 35.5. The second-order valence-corrected chi connectivity index (χ2v) is 7.41. The summed E-state index contributed by atoms with van der Waals surface area (Å²) >= 11 is 5.90. The molecule has 1 unspecified atom stereocenters. The molecule has 2 aromatic rings. The lowest BCUT2D eigenvalue weighted by atomic mass is 10.1. The van der Waals surface area contributed by atoms with E-state index in [-0.39, 0.29) is 17.5 Å². The number of cyclic esters (lactones) is 1. The third-order valence-electron chi connectivity index (χ3n) is 4.37. The van der Waals surface area contributed by atoms with Gasteiger partial charge in [0.15, 0.2) is 23.3 Å². The first-order valence-electron chi connectivity index (χ1n) is 9.71. The van der Waals surface area contributed by atoms with Crippen LogP contribution >= 0.6 is 11.6 Å². The lowest BCUT2D eigenvalue weighted by molar-refractivity contribution is -0.135. The number of esters is 1. The summed E-state index contributed by atoms with van der Waals surface area (Å²) < 4.78 is 16.7. The minimum atomic E-state index is -0.672. The van der Waals surface area contributed by atoms with Crippen molar-refractivity contribution in [2.45, 2.75) is 20.0 Å². The molecule has 0 saturated heterocycles. The summed E-state index contributed by atoms with van der Waals surface area (Å²) in [6.07, 6.45) is 0.932. The molecule has 8 heteroatoms. The van der Waals surface area contributed by atoms with Crippen LogP contribution in [-0.4, -0.2) is 49.5 Å². The minimum absolute atomic E-state index is 0.161. The maximum absolute atomic E-state index is 12.3. The van der Waals surface area contributed by atoms with Gasteiger partial charge in [0.05, 0.1) is 6.61 Å². The zero-order chi connectivity index (χ0) is 22.5. The molecule has 0 radical (unpaired) electrons. The number of amides is 1. The molecule has 1 atom stereocenters. The van der Waals surface area contributed by atoms with Gasteiger partial charge in [-0.2, -0.15) is 0 Å². The highest BCUT2D eigenvalue weighted by Gasteiger charge is 2.24. The summed E-state index contributed by atoms with van der Waals surface area (Å²) in [4.78, 5) is 30.1. The third kappa shape index (κ3) is 5.44. The summed E-state index contributed by atoms with van der Waals surface area (Å²) in [5.41, 5.74) is 1.49. The Morgan fingerprint density at radius 3 is 2.55 bits per heavy atom.